The second kappa shape index (κ2) is 3.68. The number of ether oxygens (including phenoxy) is 2. The first-order valence-corrected chi connectivity index (χ1v) is 5.54. The predicted molar refractivity (Wildman–Crippen MR) is 60.4 cm³/mol. The van der Waals surface area contributed by atoms with Gasteiger partial charge in [0.05, 0.1) is 6.61 Å². The maximum absolute atomic E-state index is 9.36. The topological polar surface area (TPSA) is 38.7 Å². The molecular weight excluding hydrogens is 260 g/mol. The summed E-state index contributed by atoms with van der Waals surface area (Å²) in [6.07, 6.45) is 0. The first-order chi connectivity index (χ1) is 7.04. The van der Waals surface area contributed by atoms with E-state index in [-0.39, 0.29) is 18.8 Å². The van der Waals surface area contributed by atoms with Crippen molar-refractivity contribution in [2.45, 2.75) is 19.3 Å². The fourth-order valence-corrected chi connectivity index (χ4v) is 2.00. The number of benzene rings is 1. The van der Waals surface area contributed by atoms with Crippen LogP contribution in [-0.4, -0.2) is 18.5 Å². The van der Waals surface area contributed by atoms with Crippen LogP contribution in [-0.2, 0) is 5.41 Å². The minimum absolute atomic E-state index is 0.0687. The zero-order valence-electron chi connectivity index (χ0n) is 8.71. The maximum Gasteiger partial charge on any atom is 0.231 e. The summed E-state index contributed by atoms with van der Waals surface area (Å²) in [5.74, 6) is 1.48. The number of aliphatic hydroxyl groups excluding tert-OH is 1. The monoisotopic (exact) mass is 272 g/mol. The van der Waals surface area contributed by atoms with E-state index in [1.54, 1.807) is 0 Å². The molecular formula is C11H13BrO3. The van der Waals surface area contributed by atoms with Crippen molar-refractivity contribution in [2.24, 2.45) is 0 Å². The van der Waals surface area contributed by atoms with Gasteiger partial charge in [0.1, 0.15) is 0 Å². The largest absolute Gasteiger partial charge is 0.454 e. The minimum Gasteiger partial charge on any atom is -0.454 e. The third-order valence-corrected chi connectivity index (χ3v) is 3.02. The van der Waals surface area contributed by atoms with E-state index in [0.29, 0.717) is 0 Å². The second-order valence-electron chi connectivity index (χ2n) is 4.23. The smallest absolute Gasteiger partial charge is 0.231 e. The van der Waals surface area contributed by atoms with E-state index in [0.717, 1.165) is 21.5 Å². The lowest BCUT2D eigenvalue weighted by Gasteiger charge is -2.23. The molecule has 1 aromatic rings. The Labute approximate surface area is 97.1 Å². The first-order valence-electron chi connectivity index (χ1n) is 4.75. The molecule has 2 rings (SSSR count). The maximum atomic E-state index is 9.36. The van der Waals surface area contributed by atoms with Crippen molar-refractivity contribution in [3.8, 4) is 11.5 Å². The summed E-state index contributed by atoms with van der Waals surface area (Å²) in [7, 11) is 0. The molecule has 0 aliphatic carbocycles. The molecule has 0 aromatic heterocycles. The molecule has 3 nitrogen and oxygen atoms in total. The minimum atomic E-state index is -0.332. The van der Waals surface area contributed by atoms with Gasteiger partial charge in [0.15, 0.2) is 11.5 Å². The van der Waals surface area contributed by atoms with E-state index in [9.17, 15) is 5.11 Å². The van der Waals surface area contributed by atoms with Gasteiger partial charge in [-0.2, -0.15) is 0 Å². The number of aliphatic hydroxyl groups is 1. The predicted octanol–water partition coefficient (Wildman–Crippen LogP) is 2.45. The molecule has 0 bridgehead atoms. The van der Waals surface area contributed by atoms with Crippen molar-refractivity contribution >= 4 is 15.9 Å². The summed E-state index contributed by atoms with van der Waals surface area (Å²) < 4.78 is 11.7. The Kier molecular flexibility index (Phi) is 2.64. The van der Waals surface area contributed by atoms with Gasteiger partial charge in [-0.15, -0.1) is 0 Å². The summed E-state index contributed by atoms with van der Waals surface area (Å²) in [5, 5.41) is 9.36. The Morgan fingerprint density at radius 1 is 1.40 bits per heavy atom. The lowest BCUT2D eigenvalue weighted by molar-refractivity contribution is 0.169. The van der Waals surface area contributed by atoms with Crippen molar-refractivity contribution in [2.75, 3.05) is 13.4 Å². The molecule has 0 unspecified atom stereocenters. The average molecular weight is 273 g/mol. The van der Waals surface area contributed by atoms with Gasteiger partial charge in [-0.1, -0.05) is 29.8 Å². The van der Waals surface area contributed by atoms with Crippen LogP contribution < -0.4 is 9.47 Å². The number of hydrogen-bond donors (Lipinski definition) is 1. The third-order valence-electron chi connectivity index (χ3n) is 2.56. The molecule has 0 fully saturated rings. The van der Waals surface area contributed by atoms with Gasteiger partial charge in [-0.3, -0.25) is 0 Å². The first kappa shape index (κ1) is 10.8. The highest BCUT2D eigenvalue weighted by atomic mass is 79.9. The Morgan fingerprint density at radius 2 is 2.13 bits per heavy atom. The molecule has 0 amide bonds. The van der Waals surface area contributed by atoms with Crippen LogP contribution in [0.5, 0.6) is 11.5 Å². The zero-order valence-corrected chi connectivity index (χ0v) is 10.3. The van der Waals surface area contributed by atoms with Crippen LogP contribution in [0.1, 0.15) is 19.4 Å². The molecule has 1 aromatic carbocycles. The van der Waals surface area contributed by atoms with Gasteiger partial charge >= 0.3 is 0 Å². The summed E-state index contributed by atoms with van der Waals surface area (Å²) in [4.78, 5) is 0. The quantitative estimate of drug-likeness (QED) is 0.899. The lowest BCUT2D eigenvalue weighted by Crippen LogP contribution is -2.22. The molecule has 1 aliphatic heterocycles. The summed E-state index contributed by atoms with van der Waals surface area (Å²) in [6, 6.07) is 3.84. The second-order valence-corrected chi connectivity index (χ2v) is 5.14. The molecule has 15 heavy (non-hydrogen) atoms. The van der Waals surface area contributed by atoms with Gasteiger partial charge in [0.2, 0.25) is 6.79 Å². The van der Waals surface area contributed by atoms with Crippen LogP contribution in [0.25, 0.3) is 0 Å². The normalized spacial score (nSPS) is 14.4. The Bertz CT molecular complexity index is 388. The molecule has 1 aliphatic rings. The third kappa shape index (κ3) is 1.84. The molecule has 0 radical (unpaired) electrons. The van der Waals surface area contributed by atoms with Crippen LogP contribution in [0.4, 0.5) is 0 Å². The molecule has 82 valence electrons. The molecule has 1 heterocycles. The van der Waals surface area contributed by atoms with Gasteiger partial charge in [0.25, 0.3) is 0 Å². The van der Waals surface area contributed by atoms with Gasteiger partial charge in [0, 0.05) is 15.5 Å². The van der Waals surface area contributed by atoms with Crippen molar-refractivity contribution in [1.29, 1.82) is 0 Å². The van der Waals surface area contributed by atoms with E-state index in [4.69, 9.17) is 9.47 Å². The summed E-state index contributed by atoms with van der Waals surface area (Å²) >= 11 is 3.42. The molecule has 0 saturated heterocycles. The highest BCUT2D eigenvalue weighted by Gasteiger charge is 2.29. The summed E-state index contributed by atoms with van der Waals surface area (Å²) in [5.41, 5.74) is 0.633. The van der Waals surface area contributed by atoms with Crippen LogP contribution >= 0.6 is 15.9 Å². The zero-order chi connectivity index (χ0) is 11.1. The van der Waals surface area contributed by atoms with Crippen LogP contribution in [0.3, 0.4) is 0 Å². The van der Waals surface area contributed by atoms with E-state index in [1.807, 2.05) is 26.0 Å². The van der Waals surface area contributed by atoms with Crippen LogP contribution in [0.2, 0.25) is 0 Å². The van der Waals surface area contributed by atoms with Crippen molar-refractivity contribution in [3.05, 3.63) is 22.2 Å². The number of halogens is 1. The Hall–Kier alpha value is -0.740. The number of rotatable bonds is 2. The standard InChI is InChI=1S/C11H13BrO3/c1-11(2,5-13)8-3-7(12)4-9-10(8)15-6-14-9/h3-4,13H,5-6H2,1-2H3. The number of fused-ring (bicyclic) bond motifs is 1. The molecule has 0 atom stereocenters. The van der Waals surface area contributed by atoms with Crippen molar-refractivity contribution < 1.29 is 14.6 Å². The van der Waals surface area contributed by atoms with E-state index in [1.165, 1.54) is 0 Å². The van der Waals surface area contributed by atoms with Gasteiger partial charge < -0.3 is 14.6 Å². The van der Waals surface area contributed by atoms with E-state index in [2.05, 4.69) is 15.9 Å². The van der Waals surface area contributed by atoms with E-state index < -0.39 is 0 Å². The number of hydrogen-bond acceptors (Lipinski definition) is 3. The Morgan fingerprint density at radius 3 is 2.80 bits per heavy atom. The fourth-order valence-electron chi connectivity index (χ4n) is 1.56. The van der Waals surface area contributed by atoms with Gasteiger partial charge in [-0.05, 0) is 12.1 Å². The van der Waals surface area contributed by atoms with Gasteiger partial charge in [-0.25, -0.2) is 0 Å². The highest BCUT2D eigenvalue weighted by molar-refractivity contribution is 9.10. The van der Waals surface area contributed by atoms with Crippen LogP contribution in [0.15, 0.2) is 16.6 Å². The lowest BCUT2D eigenvalue weighted by atomic mass is 9.85. The Balaban J connectivity index is 2.56. The fraction of sp³-hybridized carbons (Fsp3) is 0.455. The SMILES string of the molecule is CC(C)(CO)c1cc(Br)cc2c1OCO2. The summed E-state index contributed by atoms with van der Waals surface area (Å²) in [6.45, 7) is 4.26. The van der Waals surface area contributed by atoms with Crippen LogP contribution in [0, 0.1) is 0 Å². The highest BCUT2D eigenvalue weighted by Crippen LogP contribution is 2.43. The van der Waals surface area contributed by atoms with Crippen molar-refractivity contribution in [3.63, 3.8) is 0 Å². The molecule has 4 heteroatoms. The average Bonchev–Trinajstić information content (AvgIpc) is 2.63. The molecule has 0 spiro atoms. The molecule has 0 saturated carbocycles. The van der Waals surface area contributed by atoms with Crippen molar-refractivity contribution in [1.82, 2.24) is 0 Å². The van der Waals surface area contributed by atoms with E-state index >= 15 is 0 Å². The molecule has 1 N–H and O–H groups in total.